The van der Waals surface area contributed by atoms with Gasteiger partial charge in [-0.3, -0.25) is 9.69 Å². The first-order valence-corrected chi connectivity index (χ1v) is 8.75. The summed E-state index contributed by atoms with van der Waals surface area (Å²) >= 11 is 0. The third kappa shape index (κ3) is 2.98. The number of aryl methyl sites for hydroxylation is 2. The molecule has 25 heavy (non-hydrogen) atoms. The second-order valence-electron chi connectivity index (χ2n) is 6.79. The molecule has 6 heteroatoms. The summed E-state index contributed by atoms with van der Waals surface area (Å²) in [5, 5.41) is 9.17. The average molecular weight is 338 g/mol. The van der Waals surface area contributed by atoms with E-state index in [1.54, 1.807) is 0 Å². The highest BCUT2D eigenvalue weighted by molar-refractivity contribution is 5.81. The summed E-state index contributed by atoms with van der Waals surface area (Å²) in [6, 6.07) is 10.9. The fraction of sp³-hybridized carbons (Fsp3) is 0.421. The maximum Gasteiger partial charge on any atom is 0.298 e. The van der Waals surface area contributed by atoms with Crippen molar-refractivity contribution in [3.05, 3.63) is 57.7 Å². The molecule has 0 bridgehead atoms. The summed E-state index contributed by atoms with van der Waals surface area (Å²) in [5.74, 6) is 0.646. The van der Waals surface area contributed by atoms with E-state index < -0.39 is 0 Å². The van der Waals surface area contributed by atoms with Gasteiger partial charge in [0.1, 0.15) is 5.76 Å². The minimum absolute atomic E-state index is 0.178. The molecule has 3 heterocycles. The highest BCUT2D eigenvalue weighted by Gasteiger charge is 2.26. The second-order valence-corrected chi connectivity index (χ2v) is 6.79. The molecule has 1 aromatic carbocycles. The fourth-order valence-corrected chi connectivity index (χ4v) is 3.81. The van der Waals surface area contributed by atoms with Crippen molar-refractivity contribution in [2.75, 3.05) is 6.54 Å². The van der Waals surface area contributed by atoms with E-state index in [-0.39, 0.29) is 5.56 Å². The average Bonchev–Trinajstić information content (AvgIpc) is 3.20. The van der Waals surface area contributed by atoms with Gasteiger partial charge in [-0.1, -0.05) is 35.5 Å². The molecule has 0 radical (unpaired) electrons. The Bertz CT molecular complexity index is 945. The van der Waals surface area contributed by atoms with Crippen LogP contribution in [0, 0.1) is 13.8 Å². The molecular formula is C19H22N4O2. The number of fused-ring (bicyclic) bond motifs is 1. The first-order chi connectivity index (χ1) is 12.1. The summed E-state index contributed by atoms with van der Waals surface area (Å²) in [6.45, 7) is 5.19. The topological polar surface area (TPSA) is 64.2 Å². The van der Waals surface area contributed by atoms with Crippen molar-refractivity contribution in [3.8, 4) is 0 Å². The number of hydrogen-bond donors (Lipinski definition) is 0. The van der Waals surface area contributed by atoms with E-state index in [0.717, 1.165) is 36.9 Å². The summed E-state index contributed by atoms with van der Waals surface area (Å²) in [5.41, 5.74) is 2.32. The molecule has 2 aromatic heterocycles. The minimum atomic E-state index is -0.178. The zero-order valence-corrected chi connectivity index (χ0v) is 14.6. The highest BCUT2D eigenvalue weighted by Crippen LogP contribution is 2.22. The Labute approximate surface area is 146 Å². The molecule has 130 valence electrons. The maximum atomic E-state index is 12.7. The molecule has 1 saturated heterocycles. The number of nitrogens with zero attached hydrogens (tertiary/aromatic N) is 4. The van der Waals surface area contributed by atoms with Gasteiger partial charge in [-0.15, -0.1) is 0 Å². The molecule has 0 aliphatic carbocycles. The standard InChI is InChI=1S/C19H22N4O2/c1-13-17-14(2)25-21-18(17)19(24)23(20-13)12-22-10-6-9-16(22)11-15-7-4-3-5-8-15/h3-5,7-8,16H,6,9-12H2,1-2H3/t16-/m1/s1. The first-order valence-electron chi connectivity index (χ1n) is 8.75. The molecule has 6 nitrogen and oxygen atoms in total. The van der Waals surface area contributed by atoms with Crippen LogP contribution in [0.3, 0.4) is 0 Å². The van der Waals surface area contributed by atoms with Gasteiger partial charge < -0.3 is 4.52 Å². The van der Waals surface area contributed by atoms with E-state index in [1.807, 2.05) is 19.9 Å². The number of hydrogen-bond acceptors (Lipinski definition) is 5. The van der Waals surface area contributed by atoms with Gasteiger partial charge in [0, 0.05) is 12.6 Å². The largest absolute Gasteiger partial charge is 0.360 e. The van der Waals surface area contributed by atoms with Crippen LogP contribution in [0.2, 0.25) is 0 Å². The molecule has 4 rings (SSSR count). The SMILES string of the molecule is Cc1nn(CN2CCC[C@@H]2Cc2ccccc2)c(=O)c2noc(C)c12. The Morgan fingerprint density at radius 3 is 2.84 bits per heavy atom. The van der Waals surface area contributed by atoms with Gasteiger partial charge in [-0.2, -0.15) is 5.10 Å². The molecule has 1 aliphatic heterocycles. The van der Waals surface area contributed by atoms with E-state index >= 15 is 0 Å². The molecule has 1 fully saturated rings. The quantitative estimate of drug-likeness (QED) is 0.732. The number of benzene rings is 1. The lowest BCUT2D eigenvalue weighted by Gasteiger charge is -2.24. The van der Waals surface area contributed by atoms with Crippen LogP contribution in [0.1, 0.15) is 29.9 Å². The third-order valence-electron chi connectivity index (χ3n) is 5.06. The Balaban J connectivity index is 1.60. The fourth-order valence-electron chi connectivity index (χ4n) is 3.81. The van der Waals surface area contributed by atoms with E-state index in [4.69, 9.17) is 4.52 Å². The zero-order valence-electron chi connectivity index (χ0n) is 14.6. The van der Waals surface area contributed by atoms with Gasteiger partial charge in [-0.25, -0.2) is 4.68 Å². The first kappa shape index (κ1) is 16.0. The van der Waals surface area contributed by atoms with Crippen LogP contribution in [0.5, 0.6) is 0 Å². The van der Waals surface area contributed by atoms with Crippen molar-refractivity contribution in [2.45, 2.75) is 45.8 Å². The molecule has 0 amide bonds. The van der Waals surface area contributed by atoms with Gasteiger partial charge in [0.15, 0.2) is 5.52 Å². The molecule has 0 N–H and O–H groups in total. The van der Waals surface area contributed by atoms with Crippen molar-refractivity contribution < 1.29 is 4.52 Å². The van der Waals surface area contributed by atoms with Crippen molar-refractivity contribution in [1.29, 1.82) is 0 Å². The molecule has 0 unspecified atom stereocenters. The van der Waals surface area contributed by atoms with Crippen LogP contribution < -0.4 is 5.56 Å². The molecule has 1 atom stereocenters. The van der Waals surface area contributed by atoms with Crippen LogP contribution in [0.15, 0.2) is 39.6 Å². The second kappa shape index (κ2) is 6.44. The monoisotopic (exact) mass is 338 g/mol. The normalized spacial score (nSPS) is 18.2. The van der Waals surface area contributed by atoms with Crippen LogP contribution in [0.4, 0.5) is 0 Å². The van der Waals surface area contributed by atoms with Crippen LogP contribution in [-0.4, -0.2) is 32.4 Å². The van der Waals surface area contributed by atoms with Crippen molar-refractivity contribution >= 4 is 10.9 Å². The van der Waals surface area contributed by atoms with E-state index in [9.17, 15) is 4.79 Å². The lowest BCUT2D eigenvalue weighted by Crippen LogP contribution is -2.38. The lowest BCUT2D eigenvalue weighted by molar-refractivity contribution is 0.185. The smallest absolute Gasteiger partial charge is 0.298 e. The van der Waals surface area contributed by atoms with Gasteiger partial charge in [0.2, 0.25) is 0 Å². The number of likely N-dealkylation sites (tertiary alicyclic amines) is 1. The Morgan fingerprint density at radius 1 is 1.24 bits per heavy atom. The predicted molar refractivity (Wildman–Crippen MR) is 95.4 cm³/mol. The molecule has 0 spiro atoms. The molecule has 1 aliphatic rings. The Hall–Kier alpha value is -2.47. The summed E-state index contributed by atoms with van der Waals surface area (Å²) in [6.07, 6.45) is 3.30. The number of rotatable bonds is 4. The minimum Gasteiger partial charge on any atom is -0.360 e. The maximum absolute atomic E-state index is 12.7. The third-order valence-corrected chi connectivity index (χ3v) is 5.06. The van der Waals surface area contributed by atoms with Crippen molar-refractivity contribution in [1.82, 2.24) is 19.8 Å². The van der Waals surface area contributed by atoms with Crippen LogP contribution >= 0.6 is 0 Å². The predicted octanol–water partition coefficient (Wildman–Crippen LogP) is 2.67. The summed E-state index contributed by atoms with van der Waals surface area (Å²) in [7, 11) is 0. The summed E-state index contributed by atoms with van der Waals surface area (Å²) in [4.78, 5) is 15.0. The van der Waals surface area contributed by atoms with E-state index in [2.05, 4.69) is 39.4 Å². The van der Waals surface area contributed by atoms with E-state index in [0.29, 0.717) is 24.0 Å². The zero-order chi connectivity index (χ0) is 17.4. The van der Waals surface area contributed by atoms with Gasteiger partial charge in [-0.05, 0) is 38.7 Å². The Kier molecular flexibility index (Phi) is 4.13. The highest BCUT2D eigenvalue weighted by atomic mass is 16.5. The van der Waals surface area contributed by atoms with Crippen LogP contribution in [-0.2, 0) is 13.1 Å². The van der Waals surface area contributed by atoms with E-state index in [1.165, 1.54) is 10.2 Å². The summed E-state index contributed by atoms with van der Waals surface area (Å²) < 4.78 is 6.72. The van der Waals surface area contributed by atoms with Gasteiger partial charge in [0.05, 0.1) is 17.7 Å². The van der Waals surface area contributed by atoms with Gasteiger partial charge in [0.25, 0.3) is 5.56 Å². The van der Waals surface area contributed by atoms with Gasteiger partial charge >= 0.3 is 0 Å². The Morgan fingerprint density at radius 2 is 2.04 bits per heavy atom. The van der Waals surface area contributed by atoms with Crippen molar-refractivity contribution in [2.24, 2.45) is 0 Å². The van der Waals surface area contributed by atoms with Crippen molar-refractivity contribution in [3.63, 3.8) is 0 Å². The van der Waals surface area contributed by atoms with Crippen LogP contribution in [0.25, 0.3) is 10.9 Å². The molecular weight excluding hydrogens is 316 g/mol. The molecule has 0 saturated carbocycles. The lowest BCUT2D eigenvalue weighted by atomic mass is 10.0. The number of aromatic nitrogens is 3. The molecule has 3 aromatic rings.